The SMILES string of the molecule is Cc1cccc(CNC(C)(C)CNC(=O)OC(C)(C)C)c1O. The summed E-state index contributed by atoms with van der Waals surface area (Å²) in [4.78, 5) is 11.7. The van der Waals surface area contributed by atoms with E-state index in [0.717, 1.165) is 11.1 Å². The number of nitrogens with one attached hydrogen (secondary N) is 2. The van der Waals surface area contributed by atoms with Crippen molar-refractivity contribution in [2.75, 3.05) is 6.54 Å². The van der Waals surface area contributed by atoms with Gasteiger partial charge in [0.1, 0.15) is 11.4 Å². The highest BCUT2D eigenvalue weighted by atomic mass is 16.6. The maximum atomic E-state index is 11.7. The van der Waals surface area contributed by atoms with Crippen molar-refractivity contribution in [3.63, 3.8) is 0 Å². The molecule has 0 fully saturated rings. The van der Waals surface area contributed by atoms with Gasteiger partial charge in [0.15, 0.2) is 0 Å². The summed E-state index contributed by atoms with van der Waals surface area (Å²) in [6.07, 6.45) is -0.430. The van der Waals surface area contributed by atoms with Crippen molar-refractivity contribution in [2.24, 2.45) is 0 Å². The second kappa shape index (κ2) is 7.01. The van der Waals surface area contributed by atoms with Crippen LogP contribution in [0.25, 0.3) is 0 Å². The molecule has 0 aromatic heterocycles. The van der Waals surface area contributed by atoms with Crippen LogP contribution in [0.4, 0.5) is 4.79 Å². The summed E-state index contributed by atoms with van der Waals surface area (Å²) in [7, 11) is 0. The number of phenols is 1. The zero-order valence-corrected chi connectivity index (χ0v) is 14.4. The summed E-state index contributed by atoms with van der Waals surface area (Å²) < 4.78 is 5.21. The van der Waals surface area contributed by atoms with Crippen LogP contribution < -0.4 is 10.6 Å². The molecule has 0 aliphatic rings. The number of carbonyl (C=O) groups excluding carboxylic acids is 1. The summed E-state index contributed by atoms with van der Waals surface area (Å²) in [5.74, 6) is 0.311. The smallest absolute Gasteiger partial charge is 0.407 e. The summed E-state index contributed by atoms with van der Waals surface area (Å²) >= 11 is 0. The van der Waals surface area contributed by atoms with Crippen molar-refractivity contribution >= 4 is 6.09 Å². The highest BCUT2D eigenvalue weighted by Crippen LogP contribution is 2.21. The fourth-order valence-electron chi connectivity index (χ4n) is 1.87. The van der Waals surface area contributed by atoms with Crippen molar-refractivity contribution in [1.29, 1.82) is 0 Å². The molecule has 5 nitrogen and oxygen atoms in total. The molecule has 0 aliphatic carbocycles. The van der Waals surface area contributed by atoms with Crippen molar-refractivity contribution in [3.8, 4) is 5.75 Å². The van der Waals surface area contributed by atoms with Gasteiger partial charge in [-0.2, -0.15) is 0 Å². The Labute approximate surface area is 133 Å². The summed E-state index contributed by atoms with van der Waals surface area (Å²) in [6.45, 7) is 12.3. The van der Waals surface area contributed by atoms with Gasteiger partial charge in [0.25, 0.3) is 0 Å². The summed E-state index contributed by atoms with van der Waals surface area (Å²) in [5.41, 5.74) is 0.858. The first-order valence-corrected chi connectivity index (χ1v) is 7.49. The van der Waals surface area contributed by atoms with Crippen molar-refractivity contribution in [1.82, 2.24) is 10.6 Å². The van der Waals surface area contributed by atoms with E-state index in [9.17, 15) is 9.90 Å². The van der Waals surface area contributed by atoms with Gasteiger partial charge in [-0.25, -0.2) is 4.79 Å². The van der Waals surface area contributed by atoms with Crippen LogP contribution >= 0.6 is 0 Å². The second-order valence-corrected chi connectivity index (χ2v) is 7.18. The average Bonchev–Trinajstić information content (AvgIpc) is 2.36. The van der Waals surface area contributed by atoms with Gasteiger partial charge in [0.05, 0.1) is 0 Å². The van der Waals surface area contributed by atoms with Crippen molar-refractivity contribution < 1.29 is 14.6 Å². The molecule has 0 saturated carbocycles. The Balaban J connectivity index is 2.50. The fraction of sp³-hybridized carbons (Fsp3) is 0.588. The van der Waals surface area contributed by atoms with Gasteiger partial charge in [-0.1, -0.05) is 18.2 Å². The first-order valence-electron chi connectivity index (χ1n) is 7.49. The van der Waals surface area contributed by atoms with Gasteiger partial charge in [-0.15, -0.1) is 0 Å². The minimum absolute atomic E-state index is 0.311. The summed E-state index contributed by atoms with van der Waals surface area (Å²) in [5, 5.41) is 16.1. The molecule has 22 heavy (non-hydrogen) atoms. The number of aryl methyl sites for hydroxylation is 1. The Hall–Kier alpha value is -1.75. The third-order valence-corrected chi connectivity index (χ3v) is 3.15. The quantitative estimate of drug-likeness (QED) is 0.782. The van der Waals surface area contributed by atoms with E-state index >= 15 is 0 Å². The number of hydrogen-bond donors (Lipinski definition) is 3. The molecule has 0 atom stereocenters. The molecule has 0 saturated heterocycles. The lowest BCUT2D eigenvalue weighted by molar-refractivity contribution is 0.0513. The first kappa shape index (κ1) is 18.3. The Morgan fingerprint density at radius 2 is 1.86 bits per heavy atom. The Kier molecular flexibility index (Phi) is 5.83. The maximum Gasteiger partial charge on any atom is 0.407 e. The van der Waals surface area contributed by atoms with Crippen molar-refractivity contribution in [2.45, 2.75) is 59.2 Å². The molecule has 0 bridgehead atoms. The van der Waals surface area contributed by atoms with Gasteiger partial charge >= 0.3 is 6.09 Å². The number of alkyl carbamates (subject to hydrolysis) is 1. The van der Waals surface area contributed by atoms with Gasteiger partial charge < -0.3 is 20.5 Å². The molecule has 0 unspecified atom stereocenters. The van der Waals surface area contributed by atoms with E-state index in [0.29, 0.717) is 18.8 Å². The number of para-hydroxylation sites is 1. The van der Waals surface area contributed by atoms with Crippen LogP contribution in [0, 0.1) is 6.92 Å². The largest absolute Gasteiger partial charge is 0.507 e. The Morgan fingerprint density at radius 1 is 1.23 bits per heavy atom. The number of hydrogen-bond acceptors (Lipinski definition) is 4. The molecule has 0 spiro atoms. The number of phenolic OH excluding ortho intramolecular Hbond substituents is 1. The number of aromatic hydroxyl groups is 1. The molecule has 0 heterocycles. The molecule has 1 aromatic rings. The zero-order valence-electron chi connectivity index (χ0n) is 14.4. The minimum atomic E-state index is -0.505. The normalized spacial score (nSPS) is 12.1. The first-order chi connectivity index (χ1) is 10.0. The predicted molar refractivity (Wildman–Crippen MR) is 88.0 cm³/mol. The molecule has 124 valence electrons. The predicted octanol–water partition coefficient (Wildman–Crippen LogP) is 3.09. The molecule has 1 amide bonds. The van der Waals surface area contributed by atoms with Crippen LogP contribution in [-0.2, 0) is 11.3 Å². The monoisotopic (exact) mass is 308 g/mol. The molecular formula is C17H28N2O3. The highest BCUT2D eigenvalue weighted by Gasteiger charge is 2.21. The minimum Gasteiger partial charge on any atom is -0.507 e. The summed E-state index contributed by atoms with van der Waals surface area (Å²) in [6, 6.07) is 5.67. The maximum absolute atomic E-state index is 11.7. The van der Waals surface area contributed by atoms with Crippen LogP contribution in [0.15, 0.2) is 18.2 Å². The number of benzene rings is 1. The Bertz CT molecular complexity index is 519. The lowest BCUT2D eigenvalue weighted by Gasteiger charge is -2.28. The number of carbonyl (C=O) groups is 1. The number of ether oxygens (including phenoxy) is 1. The Morgan fingerprint density at radius 3 is 2.45 bits per heavy atom. The van der Waals surface area contributed by atoms with Crippen LogP contribution in [-0.4, -0.2) is 28.9 Å². The van der Waals surface area contributed by atoms with Gasteiger partial charge in [0, 0.05) is 24.2 Å². The lowest BCUT2D eigenvalue weighted by Crippen LogP contribution is -2.49. The number of amides is 1. The molecule has 1 rings (SSSR count). The molecule has 0 radical (unpaired) electrons. The molecular weight excluding hydrogens is 280 g/mol. The van der Waals surface area contributed by atoms with Crippen LogP contribution in [0.3, 0.4) is 0 Å². The number of rotatable bonds is 5. The molecule has 3 N–H and O–H groups in total. The molecule has 0 aliphatic heterocycles. The van der Waals surface area contributed by atoms with E-state index in [1.165, 1.54) is 0 Å². The fourth-order valence-corrected chi connectivity index (χ4v) is 1.87. The average molecular weight is 308 g/mol. The topological polar surface area (TPSA) is 70.6 Å². The third-order valence-electron chi connectivity index (χ3n) is 3.15. The van der Waals surface area contributed by atoms with Gasteiger partial charge in [-0.3, -0.25) is 0 Å². The standard InChI is InChI=1S/C17H28N2O3/c1-12-8-7-9-13(14(12)20)10-19-17(5,6)11-18-15(21)22-16(2,3)4/h7-9,19-20H,10-11H2,1-6H3,(H,18,21). The molecule has 5 heteroatoms. The van der Waals surface area contributed by atoms with E-state index in [2.05, 4.69) is 10.6 Å². The zero-order chi connectivity index (χ0) is 17.0. The van der Waals surface area contributed by atoms with E-state index in [1.54, 1.807) is 0 Å². The van der Waals surface area contributed by atoms with Crippen LogP contribution in [0.1, 0.15) is 45.7 Å². The van der Waals surface area contributed by atoms with E-state index in [-0.39, 0.29) is 5.54 Å². The third kappa shape index (κ3) is 6.35. The van der Waals surface area contributed by atoms with Crippen molar-refractivity contribution in [3.05, 3.63) is 29.3 Å². The second-order valence-electron chi connectivity index (χ2n) is 7.18. The highest BCUT2D eigenvalue weighted by molar-refractivity contribution is 5.67. The van der Waals surface area contributed by atoms with Gasteiger partial charge in [0.2, 0.25) is 0 Å². The lowest BCUT2D eigenvalue weighted by atomic mass is 10.0. The molecule has 1 aromatic carbocycles. The van der Waals surface area contributed by atoms with E-state index < -0.39 is 11.7 Å². The van der Waals surface area contributed by atoms with E-state index in [4.69, 9.17) is 4.74 Å². The van der Waals surface area contributed by atoms with Gasteiger partial charge in [-0.05, 0) is 47.1 Å². The van der Waals surface area contributed by atoms with Crippen LogP contribution in [0.2, 0.25) is 0 Å². The van der Waals surface area contributed by atoms with E-state index in [1.807, 2.05) is 59.7 Å². The van der Waals surface area contributed by atoms with Crippen LogP contribution in [0.5, 0.6) is 5.75 Å².